The van der Waals surface area contributed by atoms with E-state index in [1.807, 2.05) is 30.6 Å². The van der Waals surface area contributed by atoms with Crippen LogP contribution in [0.3, 0.4) is 0 Å². The van der Waals surface area contributed by atoms with Crippen LogP contribution in [0.1, 0.15) is 35.5 Å². The molecule has 1 aliphatic heterocycles. The zero-order chi connectivity index (χ0) is 14.9. The highest BCUT2D eigenvalue weighted by Crippen LogP contribution is 2.26. The Bertz CT molecular complexity index is 724. The van der Waals surface area contributed by atoms with Crippen LogP contribution in [-0.2, 0) is 25.9 Å². The van der Waals surface area contributed by atoms with Gasteiger partial charge in [0.1, 0.15) is 5.69 Å². The molecular formula is C17H17ClN4. The fraction of sp³-hybridized carbons (Fsp3) is 0.353. The van der Waals surface area contributed by atoms with Gasteiger partial charge in [0, 0.05) is 11.6 Å². The standard InChI is InChI=1S/C17H17ClN4/c18-13-7-5-12(6-8-13)9-22-10-16-17(19-11-22)21-15-4-2-1-3-14(15)20-16/h5-8,11H,1-4,9-10H2. The molecule has 0 saturated heterocycles. The lowest BCUT2D eigenvalue weighted by molar-refractivity contribution is 0.405. The van der Waals surface area contributed by atoms with Crippen LogP contribution in [0, 0.1) is 0 Å². The smallest absolute Gasteiger partial charge is 0.177 e. The maximum atomic E-state index is 5.93. The third-order valence-electron chi connectivity index (χ3n) is 4.17. The molecule has 112 valence electrons. The van der Waals surface area contributed by atoms with Crippen molar-refractivity contribution in [3.63, 3.8) is 0 Å². The van der Waals surface area contributed by atoms with Crippen LogP contribution in [0.4, 0.5) is 5.82 Å². The lowest BCUT2D eigenvalue weighted by Crippen LogP contribution is -2.25. The average molecular weight is 313 g/mol. The Labute approximate surface area is 134 Å². The Morgan fingerprint density at radius 3 is 2.45 bits per heavy atom. The van der Waals surface area contributed by atoms with E-state index in [0.29, 0.717) is 0 Å². The Hall–Kier alpha value is -1.94. The molecule has 0 fully saturated rings. The van der Waals surface area contributed by atoms with Crippen LogP contribution in [0.25, 0.3) is 0 Å². The fourth-order valence-corrected chi connectivity index (χ4v) is 3.15. The number of hydrogen-bond donors (Lipinski definition) is 0. The molecule has 0 unspecified atom stereocenters. The van der Waals surface area contributed by atoms with Crippen molar-refractivity contribution in [1.82, 2.24) is 14.9 Å². The van der Waals surface area contributed by atoms with E-state index in [-0.39, 0.29) is 0 Å². The number of nitrogens with zero attached hydrogens (tertiary/aromatic N) is 4. The zero-order valence-corrected chi connectivity index (χ0v) is 13.1. The molecule has 0 atom stereocenters. The number of aromatic nitrogens is 2. The van der Waals surface area contributed by atoms with Crippen molar-refractivity contribution >= 4 is 23.8 Å². The molecule has 0 amide bonds. The number of halogens is 1. The first-order chi connectivity index (χ1) is 10.8. The van der Waals surface area contributed by atoms with Crippen LogP contribution in [-0.4, -0.2) is 21.2 Å². The summed E-state index contributed by atoms with van der Waals surface area (Å²) in [5, 5.41) is 0.763. The van der Waals surface area contributed by atoms with Crippen molar-refractivity contribution in [2.45, 2.75) is 38.8 Å². The molecule has 4 rings (SSSR count). The predicted molar refractivity (Wildman–Crippen MR) is 87.5 cm³/mol. The lowest BCUT2D eigenvalue weighted by atomic mass is 10.0. The Morgan fingerprint density at radius 2 is 1.68 bits per heavy atom. The van der Waals surface area contributed by atoms with E-state index in [1.165, 1.54) is 24.1 Å². The second-order valence-corrected chi connectivity index (χ2v) is 6.31. The zero-order valence-electron chi connectivity index (χ0n) is 12.3. The molecule has 22 heavy (non-hydrogen) atoms. The van der Waals surface area contributed by atoms with Crippen molar-refractivity contribution in [3.8, 4) is 0 Å². The molecule has 2 aliphatic rings. The summed E-state index contributed by atoms with van der Waals surface area (Å²) < 4.78 is 0. The number of benzene rings is 1. The normalized spacial score (nSPS) is 16.3. The number of aliphatic imine (C=N–C) groups is 1. The predicted octanol–water partition coefficient (Wildman–Crippen LogP) is 3.68. The van der Waals surface area contributed by atoms with Gasteiger partial charge in [-0.1, -0.05) is 23.7 Å². The van der Waals surface area contributed by atoms with Crippen molar-refractivity contribution in [3.05, 3.63) is 51.9 Å². The molecule has 0 saturated carbocycles. The van der Waals surface area contributed by atoms with E-state index in [1.54, 1.807) is 0 Å². The van der Waals surface area contributed by atoms with E-state index in [2.05, 4.69) is 9.89 Å². The second kappa shape index (κ2) is 5.69. The monoisotopic (exact) mass is 312 g/mol. The maximum absolute atomic E-state index is 5.93. The summed E-state index contributed by atoms with van der Waals surface area (Å²) in [5.41, 5.74) is 4.53. The number of fused-ring (bicyclic) bond motifs is 2. The summed E-state index contributed by atoms with van der Waals surface area (Å²) in [6.07, 6.45) is 6.40. The first-order valence-corrected chi connectivity index (χ1v) is 8.07. The molecule has 0 radical (unpaired) electrons. The van der Waals surface area contributed by atoms with E-state index >= 15 is 0 Å². The molecule has 0 N–H and O–H groups in total. The van der Waals surface area contributed by atoms with Gasteiger partial charge >= 0.3 is 0 Å². The van der Waals surface area contributed by atoms with Crippen molar-refractivity contribution < 1.29 is 0 Å². The summed E-state index contributed by atoms with van der Waals surface area (Å²) in [6, 6.07) is 7.93. The minimum Gasteiger partial charge on any atom is -0.352 e. The molecule has 4 nitrogen and oxygen atoms in total. The minimum atomic E-state index is 0.763. The summed E-state index contributed by atoms with van der Waals surface area (Å²) in [6.45, 7) is 1.57. The second-order valence-electron chi connectivity index (χ2n) is 5.87. The van der Waals surface area contributed by atoms with Gasteiger partial charge in [0.2, 0.25) is 0 Å². The first kappa shape index (κ1) is 13.7. The van der Waals surface area contributed by atoms with Crippen molar-refractivity contribution in [2.24, 2.45) is 4.99 Å². The summed E-state index contributed by atoms with van der Waals surface area (Å²) in [7, 11) is 0. The highest BCUT2D eigenvalue weighted by atomic mass is 35.5. The van der Waals surface area contributed by atoms with Gasteiger partial charge in [-0.3, -0.25) is 4.98 Å². The van der Waals surface area contributed by atoms with E-state index in [4.69, 9.17) is 21.6 Å². The SMILES string of the molecule is Clc1ccc(CN2C=Nc3nc4c(nc3C2)CCCC4)cc1. The van der Waals surface area contributed by atoms with Gasteiger partial charge in [0.15, 0.2) is 5.82 Å². The summed E-state index contributed by atoms with van der Waals surface area (Å²) in [5.74, 6) is 0.799. The van der Waals surface area contributed by atoms with Gasteiger partial charge in [-0.2, -0.15) is 0 Å². The van der Waals surface area contributed by atoms with Gasteiger partial charge in [-0.05, 0) is 43.4 Å². The minimum absolute atomic E-state index is 0.763. The van der Waals surface area contributed by atoms with Crippen LogP contribution < -0.4 is 0 Å². The molecule has 1 aromatic carbocycles. The van der Waals surface area contributed by atoms with Gasteiger partial charge in [0.05, 0.1) is 24.3 Å². The van der Waals surface area contributed by atoms with Gasteiger partial charge < -0.3 is 4.90 Å². The molecule has 2 aromatic rings. The third kappa shape index (κ3) is 2.71. The van der Waals surface area contributed by atoms with Crippen LogP contribution in [0.2, 0.25) is 5.02 Å². The highest BCUT2D eigenvalue weighted by Gasteiger charge is 2.20. The largest absolute Gasteiger partial charge is 0.352 e. The van der Waals surface area contributed by atoms with Crippen LogP contribution in [0.5, 0.6) is 0 Å². The first-order valence-electron chi connectivity index (χ1n) is 7.69. The quantitative estimate of drug-likeness (QED) is 0.849. The molecule has 1 aliphatic carbocycles. The van der Waals surface area contributed by atoms with Gasteiger partial charge in [0.25, 0.3) is 0 Å². The number of rotatable bonds is 2. The summed E-state index contributed by atoms with van der Waals surface area (Å²) in [4.78, 5) is 16.2. The van der Waals surface area contributed by atoms with Gasteiger partial charge in [-0.25, -0.2) is 9.98 Å². The van der Waals surface area contributed by atoms with Crippen molar-refractivity contribution in [1.29, 1.82) is 0 Å². The van der Waals surface area contributed by atoms with Crippen LogP contribution in [0.15, 0.2) is 29.3 Å². The molecule has 0 bridgehead atoms. The van der Waals surface area contributed by atoms with E-state index in [0.717, 1.165) is 48.2 Å². The molecule has 0 spiro atoms. The topological polar surface area (TPSA) is 41.4 Å². The lowest BCUT2D eigenvalue weighted by Gasteiger charge is -2.25. The van der Waals surface area contributed by atoms with Gasteiger partial charge in [-0.15, -0.1) is 0 Å². The molecular weight excluding hydrogens is 296 g/mol. The molecule has 5 heteroatoms. The van der Waals surface area contributed by atoms with Crippen LogP contribution >= 0.6 is 11.6 Å². The summed E-state index contributed by atoms with van der Waals surface area (Å²) >= 11 is 5.93. The Morgan fingerprint density at radius 1 is 0.955 bits per heavy atom. The Kier molecular flexibility index (Phi) is 3.54. The van der Waals surface area contributed by atoms with E-state index < -0.39 is 0 Å². The fourth-order valence-electron chi connectivity index (χ4n) is 3.02. The molecule has 1 aromatic heterocycles. The highest BCUT2D eigenvalue weighted by molar-refractivity contribution is 6.30. The Balaban J connectivity index is 1.55. The van der Waals surface area contributed by atoms with E-state index in [9.17, 15) is 0 Å². The molecule has 2 heterocycles. The number of aryl methyl sites for hydroxylation is 2. The average Bonchev–Trinajstić information content (AvgIpc) is 2.55. The number of hydrogen-bond acceptors (Lipinski definition) is 4. The third-order valence-corrected chi connectivity index (χ3v) is 4.43. The van der Waals surface area contributed by atoms with Crippen molar-refractivity contribution in [2.75, 3.05) is 0 Å². The maximum Gasteiger partial charge on any atom is 0.177 e.